The molecule has 1 rings (SSSR count). The molecular weight excluding hydrogens is 190 g/mol. The summed E-state index contributed by atoms with van der Waals surface area (Å²) in [6.45, 7) is 1.84. The average Bonchev–Trinajstić information content (AvgIpc) is 2.28. The van der Waals surface area contributed by atoms with Gasteiger partial charge in [0.1, 0.15) is 0 Å². The topological polar surface area (TPSA) is 78.9 Å². The summed E-state index contributed by atoms with van der Waals surface area (Å²) in [4.78, 5) is 11.4. The van der Waals surface area contributed by atoms with Gasteiger partial charge >= 0.3 is 0 Å². The summed E-state index contributed by atoms with van der Waals surface area (Å²) in [5.74, 6) is -0.229. The van der Waals surface area contributed by atoms with Crippen molar-refractivity contribution in [3.63, 3.8) is 0 Å². The summed E-state index contributed by atoms with van der Waals surface area (Å²) in [6.07, 6.45) is 0.587. The van der Waals surface area contributed by atoms with Crippen molar-refractivity contribution in [1.82, 2.24) is 0 Å². The molecule has 0 saturated heterocycles. The predicted molar refractivity (Wildman–Crippen MR) is 58.1 cm³/mol. The van der Waals surface area contributed by atoms with Crippen molar-refractivity contribution in [3.05, 3.63) is 29.8 Å². The molecule has 15 heavy (non-hydrogen) atoms. The molecule has 1 aromatic carbocycles. The Kier molecular flexibility index (Phi) is 3.83. The van der Waals surface area contributed by atoms with Gasteiger partial charge in [-0.05, 0) is 24.6 Å². The second-order valence-corrected chi connectivity index (χ2v) is 3.20. The zero-order chi connectivity index (χ0) is 11.3. The average molecular weight is 203 g/mol. The maximum absolute atomic E-state index is 11.4. The van der Waals surface area contributed by atoms with E-state index >= 15 is 0 Å². The Hall–Kier alpha value is -1.86. The molecule has 0 aliphatic carbocycles. The molecule has 0 aromatic heterocycles. The number of nitriles is 1. The number of amides is 1. The third kappa shape index (κ3) is 3.08. The van der Waals surface area contributed by atoms with Gasteiger partial charge in [0, 0.05) is 5.69 Å². The van der Waals surface area contributed by atoms with Gasteiger partial charge in [0.25, 0.3) is 0 Å². The van der Waals surface area contributed by atoms with Crippen molar-refractivity contribution >= 4 is 11.6 Å². The number of hydrogen-bond acceptors (Lipinski definition) is 3. The standard InChI is InChI=1S/C11H13N3O/c1-2-10(13)11(15)14-9-5-3-4-8(6-9)7-12/h3-6,10H,2,13H2,1H3,(H,14,15). The van der Waals surface area contributed by atoms with Crippen LogP contribution in [0.1, 0.15) is 18.9 Å². The van der Waals surface area contributed by atoms with E-state index in [4.69, 9.17) is 11.0 Å². The summed E-state index contributed by atoms with van der Waals surface area (Å²) in [5, 5.41) is 11.3. The smallest absolute Gasteiger partial charge is 0.241 e. The van der Waals surface area contributed by atoms with Crippen LogP contribution < -0.4 is 11.1 Å². The number of carbonyl (C=O) groups is 1. The Bertz CT molecular complexity index is 395. The van der Waals surface area contributed by atoms with E-state index in [2.05, 4.69) is 5.32 Å². The molecule has 3 N–H and O–H groups in total. The Morgan fingerprint density at radius 3 is 3.00 bits per heavy atom. The lowest BCUT2D eigenvalue weighted by atomic mass is 10.2. The van der Waals surface area contributed by atoms with Crippen molar-refractivity contribution in [2.24, 2.45) is 5.73 Å². The van der Waals surface area contributed by atoms with Crippen molar-refractivity contribution in [1.29, 1.82) is 5.26 Å². The minimum absolute atomic E-state index is 0.229. The van der Waals surface area contributed by atoms with Gasteiger partial charge in [-0.25, -0.2) is 0 Å². The van der Waals surface area contributed by atoms with Crippen LogP contribution in [0.5, 0.6) is 0 Å². The lowest BCUT2D eigenvalue weighted by molar-refractivity contribution is -0.117. The lowest BCUT2D eigenvalue weighted by Gasteiger charge is -2.09. The number of benzene rings is 1. The van der Waals surface area contributed by atoms with Crippen LogP contribution in [-0.2, 0) is 4.79 Å². The van der Waals surface area contributed by atoms with Crippen molar-refractivity contribution < 1.29 is 4.79 Å². The molecule has 1 unspecified atom stereocenters. The van der Waals surface area contributed by atoms with Crippen molar-refractivity contribution in [3.8, 4) is 6.07 Å². The summed E-state index contributed by atoms with van der Waals surface area (Å²) < 4.78 is 0. The van der Waals surface area contributed by atoms with Gasteiger partial charge in [0.05, 0.1) is 17.7 Å². The molecule has 4 nitrogen and oxygen atoms in total. The van der Waals surface area contributed by atoms with Gasteiger partial charge in [0.15, 0.2) is 0 Å². The molecule has 1 aromatic rings. The minimum Gasteiger partial charge on any atom is -0.325 e. The van der Waals surface area contributed by atoms with Crippen LogP contribution in [0.15, 0.2) is 24.3 Å². The quantitative estimate of drug-likeness (QED) is 0.775. The van der Waals surface area contributed by atoms with Crippen LogP contribution in [0.25, 0.3) is 0 Å². The molecule has 4 heteroatoms. The highest BCUT2D eigenvalue weighted by atomic mass is 16.2. The molecule has 0 fully saturated rings. The monoisotopic (exact) mass is 203 g/mol. The molecular formula is C11H13N3O. The van der Waals surface area contributed by atoms with Crippen LogP contribution in [0.4, 0.5) is 5.69 Å². The van der Waals surface area contributed by atoms with Gasteiger partial charge in [-0.15, -0.1) is 0 Å². The van der Waals surface area contributed by atoms with E-state index in [1.165, 1.54) is 0 Å². The van der Waals surface area contributed by atoms with Gasteiger partial charge < -0.3 is 11.1 Å². The molecule has 1 amide bonds. The molecule has 1 atom stereocenters. The van der Waals surface area contributed by atoms with Gasteiger partial charge in [-0.1, -0.05) is 13.0 Å². The number of nitrogens with two attached hydrogens (primary N) is 1. The van der Waals surface area contributed by atoms with Crippen LogP contribution in [-0.4, -0.2) is 11.9 Å². The van der Waals surface area contributed by atoms with Crippen molar-refractivity contribution in [2.45, 2.75) is 19.4 Å². The molecule has 0 radical (unpaired) electrons. The summed E-state index contributed by atoms with van der Waals surface area (Å²) in [6, 6.07) is 8.22. The maximum Gasteiger partial charge on any atom is 0.241 e. The molecule has 0 spiro atoms. The van der Waals surface area contributed by atoms with E-state index in [0.29, 0.717) is 17.7 Å². The number of nitrogens with zero attached hydrogens (tertiary/aromatic N) is 1. The van der Waals surface area contributed by atoms with E-state index in [-0.39, 0.29) is 5.91 Å². The van der Waals surface area contributed by atoms with E-state index in [9.17, 15) is 4.79 Å². The fraction of sp³-hybridized carbons (Fsp3) is 0.273. The second kappa shape index (κ2) is 5.13. The first kappa shape index (κ1) is 11.2. The number of nitrogens with one attached hydrogen (secondary N) is 1. The molecule has 0 aliphatic rings. The Morgan fingerprint density at radius 1 is 1.67 bits per heavy atom. The molecule has 0 heterocycles. The van der Waals surface area contributed by atoms with Gasteiger partial charge in [-0.3, -0.25) is 4.79 Å². The molecule has 78 valence electrons. The fourth-order valence-electron chi connectivity index (χ4n) is 1.09. The Labute approximate surface area is 88.7 Å². The van der Waals surface area contributed by atoms with E-state index in [1.54, 1.807) is 24.3 Å². The molecule has 0 bridgehead atoms. The summed E-state index contributed by atoms with van der Waals surface area (Å²) >= 11 is 0. The number of carbonyl (C=O) groups excluding carboxylic acids is 1. The zero-order valence-corrected chi connectivity index (χ0v) is 8.53. The third-order valence-corrected chi connectivity index (χ3v) is 2.04. The van der Waals surface area contributed by atoms with Crippen molar-refractivity contribution in [2.75, 3.05) is 5.32 Å². The number of rotatable bonds is 3. The maximum atomic E-state index is 11.4. The highest BCUT2D eigenvalue weighted by molar-refractivity contribution is 5.94. The van der Waals surface area contributed by atoms with Crippen LogP contribution in [0, 0.1) is 11.3 Å². The third-order valence-electron chi connectivity index (χ3n) is 2.04. The first-order chi connectivity index (χ1) is 7.17. The summed E-state index contributed by atoms with van der Waals surface area (Å²) in [7, 11) is 0. The first-order valence-corrected chi connectivity index (χ1v) is 4.74. The van der Waals surface area contributed by atoms with Gasteiger partial charge in [-0.2, -0.15) is 5.26 Å². The predicted octanol–water partition coefficient (Wildman–Crippen LogP) is 1.23. The summed E-state index contributed by atoms with van der Waals surface area (Å²) in [5.41, 5.74) is 6.67. The Morgan fingerprint density at radius 2 is 2.40 bits per heavy atom. The second-order valence-electron chi connectivity index (χ2n) is 3.20. The van der Waals surface area contributed by atoms with Crippen LogP contribution in [0.3, 0.4) is 0 Å². The van der Waals surface area contributed by atoms with E-state index in [0.717, 1.165) is 0 Å². The molecule has 0 saturated carbocycles. The van der Waals surface area contributed by atoms with E-state index in [1.807, 2.05) is 13.0 Å². The SMILES string of the molecule is CCC(N)C(=O)Nc1cccc(C#N)c1. The largest absolute Gasteiger partial charge is 0.325 e. The number of hydrogen-bond donors (Lipinski definition) is 2. The number of anilines is 1. The fourth-order valence-corrected chi connectivity index (χ4v) is 1.09. The first-order valence-electron chi connectivity index (χ1n) is 4.74. The zero-order valence-electron chi connectivity index (χ0n) is 8.53. The van der Waals surface area contributed by atoms with Crippen LogP contribution >= 0.6 is 0 Å². The molecule has 0 aliphatic heterocycles. The lowest BCUT2D eigenvalue weighted by Crippen LogP contribution is -2.34. The van der Waals surface area contributed by atoms with Gasteiger partial charge in [0.2, 0.25) is 5.91 Å². The minimum atomic E-state index is -0.504. The Balaban J connectivity index is 2.73. The van der Waals surface area contributed by atoms with E-state index < -0.39 is 6.04 Å². The highest BCUT2D eigenvalue weighted by Gasteiger charge is 2.10. The normalized spacial score (nSPS) is 11.5. The van der Waals surface area contributed by atoms with Crippen LogP contribution in [0.2, 0.25) is 0 Å². The highest BCUT2D eigenvalue weighted by Crippen LogP contribution is 2.10.